The molecule has 3 heterocycles. The van der Waals surface area contributed by atoms with E-state index in [1.165, 1.54) is 12.2 Å². The molecule has 1 saturated heterocycles. The second-order valence-corrected chi connectivity index (χ2v) is 15.0. The first-order valence-corrected chi connectivity index (χ1v) is 18.3. The lowest BCUT2D eigenvalue weighted by molar-refractivity contribution is -0.157. The monoisotopic (exact) mass is 690 g/mol. The lowest BCUT2D eigenvalue weighted by Gasteiger charge is -2.31. The molecule has 2 aliphatic rings. The number of oxazole rings is 1. The van der Waals surface area contributed by atoms with Crippen LogP contribution in [0.5, 0.6) is 0 Å². The number of rotatable bonds is 7. The molecular weight excluding hydrogens is 640 g/mol. The van der Waals surface area contributed by atoms with Crippen molar-refractivity contribution < 1.29 is 41.9 Å². The van der Waals surface area contributed by atoms with Gasteiger partial charge in [0.05, 0.1) is 23.5 Å². The largest absolute Gasteiger partial charge is 0.460 e. The van der Waals surface area contributed by atoms with Crippen LogP contribution >= 0.6 is 0 Å². The van der Waals surface area contributed by atoms with E-state index in [2.05, 4.69) is 10.3 Å². The second-order valence-electron chi connectivity index (χ2n) is 12.7. The van der Waals surface area contributed by atoms with Crippen LogP contribution in [0.3, 0.4) is 0 Å². The molecule has 0 radical (unpaired) electrons. The molecule has 13 nitrogen and oxygen atoms in total. The number of cyclic esters (lactones) is 1. The van der Waals surface area contributed by atoms with Gasteiger partial charge < -0.3 is 29.4 Å². The van der Waals surface area contributed by atoms with Crippen LogP contribution in [0.15, 0.2) is 46.6 Å². The Bertz CT molecular complexity index is 1490. The Morgan fingerprint density at radius 1 is 1.15 bits per heavy atom. The van der Waals surface area contributed by atoms with E-state index in [9.17, 15) is 32.7 Å². The molecule has 2 bridgehead atoms. The molecular formula is C34H50N4O9S. The number of carbonyl (C=O) groups excluding carboxylic acids is 4. The number of aromatic nitrogens is 1. The first-order chi connectivity index (χ1) is 22.7. The van der Waals surface area contributed by atoms with Crippen molar-refractivity contribution in [1.82, 2.24) is 20.1 Å². The van der Waals surface area contributed by atoms with Gasteiger partial charge in [0.1, 0.15) is 24.2 Å². The smallest absolute Gasteiger partial charge is 0.330 e. The average Bonchev–Trinajstić information content (AvgIpc) is 3.68. The van der Waals surface area contributed by atoms with E-state index < -0.39 is 51.1 Å². The second kappa shape index (κ2) is 17.7. The van der Waals surface area contributed by atoms with E-state index in [0.29, 0.717) is 18.7 Å². The molecule has 1 aromatic heterocycles. The minimum atomic E-state index is -3.87. The maximum atomic E-state index is 14.0. The third-order valence-electron chi connectivity index (χ3n) is 8.66. The summed E-state index contributed by atoms with van der Waals surface area (Å²) in [7, 11) is -3.87. The van der Waals surface area contributed by atoms with Crippen molar-refractivity contribution in [3.05, 3.63) is 53.8 Å². The number of ether oxygens (including phenoxy) is 1. The van der Waals surface area contributed by atoms with Gasteiger partial charge in [-0.2, -0.15) is 0 Å². The van der Waals surface area contributed by atoms with Crippen LogP contribution in [0.25, 0.3) is 0 Å². The summed E-state index contributed by atoms with van der Waals surface area (Å²) < 4.78 is 38.9. The van der Waals surface area contributed by atoms with E-state index >= 15 is 0 Å². The first kappa shape index (κ1) is 38.8. The van der Waals surface area contributed by atoms with Crippen molar-refractivity contribution in [1.29, 1.82) is 0 Å². The van der Waals surface area contributed by atoms with Gasteiger partial charge in [-0.3, -0.25) is 14.4 Å². The fourth-order valence-electron chi connectivity index (χ4n) is 5.99. The van der Waals surface area contributed by atoms with Crippen molar-refractivity contribution in [3.8, 4) is 0 Å². The number of esters is 1. The zero-order chi connectivity index (χ0) is 35.6. The van der Waals surface area contributed by atoms with E-state index in [0.717, 1.165) is 11.2 Å². The van der Waals surface area contributed by atoms with Gasteiger partial charge in [0.25, 0.3) is 5.91 Å². The molecule has 1 aromatic rings. The fraction of sp³-hybridized carbons (Fsp3) is 0.618. The molecule has 2 N–H and O–H groups in total. The number of aliphatic hydroxyl groups excluding tert-OH is 1. The van der Waals surface area contributed by atoms with Gasteiger partial charge in [-0.05, 0) is 38.4 Å². The van der Waals surface area contributed by atoms with E-state index in [4.69, 9.17) is 9.15 Å². The number of nitrogens with zero attached hydrogens (tertiary/aromatic N) is 3. The highest BCUT2D eigenvalue weighted by Crippen LogP contribution is 2.30. The normalized spacial score (nSPS) is 25.6. The minimum absolute atomic E-state index is 0.0243. The summed E-state index contributed by atoms with van der Waals surface area (Å²) in [6.45, 7) is 12.9. The predicted octanol–water partition coefficient (Wildman–Crippen LogP) is 2.27. The molecule has 0 unspecified atom stereocenters. The van der Waals surface area contributed by atoms with Crippen molar-refractivity contribution in [2.24, 2.45) is 11.8 Å². The van der Waals surface area contributed by atoms with Gasteiger partial charge in [-0.25, -0.2) is 18.2 Å². The van der Waals surface area contributed by atoms with Crippen molar-refractivity contribution >= 4 is 33.4 Å². The highest BCUT2D eigenvalue weighted by molar-refractivity contribution is 7.92. The van der Waals surface area contributed by atoms with Crippen LogP contribution in [0, 0.1) is 11.8 Å². The summed E-state index contributed by atoms with van der Waals surface area (Å²) in [6, 6.07) is -1.44. The Balaban J connectivity index is 2.00. The predicted molar refractivity (Wildman–Crippen MR) is 180 cm³/mol. The number of fused-ring (bicyclic) bond motifs is 3. The Labute approximate surface area is 283 Å². The number of hydrogen-bond acceptors (Lipinski definition) is 11. The Morgan fingerprint density at radius 3 is 2.52 bits per heavy atom. The quantitative estimate of drug-likeness (QED) is 0.402. The lowest BCUT2D eigenvalue weighted by Crippen LogP contribution is -2.50. The number of carbonyl (C=O) groups is 4. The van der Waals surface area contributed by atoms with Gasteiger partial charge in [0.2, 0.25) is 11.8 Å². The number of sulfone groups is 1. The maximum Gasteiger partial charge on any atom is 0.330 e. The molecule has 266 valence electrons. The Kier molecular flexibility index (Phi) is 14.3. The van der Waals surface area contributed by atoms with Crippen LogP contribution in [-0.4, -0.2) is 114 Å². The fourth-order valence-corrected chi connectivity index (χ4v) is 7.92. The van der Waals surface area contributed by atoms with Gasteiger partial charge in [0.15, 0.2) is 15.5 Å². The number of allylic oxidation sites excluding steroid dienone is 2. The Hall–Kier alpha value is -3.62. The molecule has 48 heavy (non-hydrogen) atoms. The van der Waals surface area contributed by atoms with Crippen LogP contribution < -0.4 is 5.32 Å². The van der Waals surface area contributed by atoms with Crippen LogP contribution in [0.4, 0.5) is 0 Å². The minimum Gasteiger partial charge on any atom is -0.460 e. The number of hydrogen-bond donors (Lipinski definition) is 2. The first-order valence-electron chi connectivity index (χ1n) is 16.6. The third kappa shape index (κ3) is 10.7. The molecule has 2 amide bonds. The van der Waals surface area contributed by atoms with E-state index in [-0.39, 0.29) is 73.8 Å². The van der Waals surface area contributed by atoms with E-state index in [1.54, 1.807) is 32.1 Å². The third-order valence-corrected chi connectivity index (χ3v) is 10.8. The molecule has 3 rings (SSSR count). The summed E-state index contributed by atoms with van der Waals surface area (Å²) in [5.41, 5.74) is 0.505. The molecule has 0 aromatic carbocycles. The highest BCUT2D eigenvalue weighted by Gasteiger charge is 2.50. The van der Waals surface area contributed by atoms with Gasteiger partial charge in [-0.1, -0.05) is 64.5 Å². The summed E-state index contributed by atoms with van der Waals surface area (Å²) in [6.07, 6.45) is 6.68. The molecule has 0 aliphatic carbocycles. The van der Waals surface area contributed by atoms with Gasteiger partial charge in [0, 0.05) is 32.0 Å². The standard InChI is InChI=1S/C34H50N4O9S/c1-7-37(8-2)16-17-48(44,45)28-13-15-38-31(28)34(43)47-32(22(3)4)24(6)11-12-29(41)35-14-9-10-23(5)18-25(39)19-26(40)20-30-36-27(21-46-30)33(38)42/h9-12,18,21-22,24-25,28,31-32,39H,7-8,13-17,19-20H2,1-6H3,(H,35,41)/t24-,25-,28-,31-,32+/m1/s1. The molecule has 14 heteroatoms. The van der Waals surface area contributed by atoms with Crippen LogP contribution in [-0.2, 0) is 35.4 Å². The van der Waals surface area contributed by atoms with Crippen LogP contribution in [0.2, 0.25) is 0 Å². The summed E-state index contributed by atoms with van der Waals surface area (Å²) in [4.78, 5) is 60.3. The molecule has 1 fully saturated rings. The number of nitrogens with one attached hydrogen (secondary N) is 1. The van der Waals surface area contributed by atoms with Crippen LogP contribution in [0.1, 0.15) is 70.8 Å². The zero-order valence-corrected chi connectivity index (χ0v) is 29.6. The van der Waals surface area contributed by atoms with Crippen molar-refractivity contribution in [2.75, 3.05) is 38.5 Å². The highest BCUT2D eigenvalue weighted by atomic mass is 32.2. The van der Waals surface area contributed by atoms with Gasteiger partial charge >= 0.3 is 5.97 Å². The summed E-state index contributed by atoms with van der Waals surface area (Å²) >= 11 is 0. The number of aliphatic hydroxyl groups is 1. The number of amides is 2. The van der Waals surface area contributed by atoms with Crippen molar-refractivity contribution in [3.63, 3.8) is 0 Å². The molecule has 0 spiro atoms. The SMILES string of the molecule is CCN(CC)CCS(=O)(=O)[C@@H]1CCN2C(=O)c3coc(n3)CC(=O)C[C@H](O)C=C(C)C=CCNC(=O)C=C[C@@H](C)[C@H](C(C)C)OC(=O)[C@@H]12. The topological polar surface area (TPSA) is 176 Å². The van der Waals surface area contributed by atoms with Gasteiger partial charge in [-0.15, -0.1) is 0 Å². The molecule has 5 atom stereocenters. The average molecular weight is 691 g/mol. The Morgan fingerprint density at radius 2 is 1.85 bits per heavy atom. The molecule has 2 aliphatic heterocycles. The number of Topliss-reactive ketones (excluding diaryl/α,β-unsaturated/α-hetero) is 1. The summed E-state index contributed by atoms with van der Waals surface area (Å²) in [5.74, 6) is -3.23. The van der Waals surface area contributed by atoms with E-state index in [1.807, 2.05) is 32.6 Å². The zero-order valence-electron chi connectivity index (χ0n) is 28.8. The number of ketones is 1. The summed E-state index contributed by atoms with van der Waals surface area (Å²) in [5, 5.41) is 11.9. The molecule has 0 saturated carbocycles. The maximum absolute atomic E-state index is 14.0. The lowest BCUT2D eigenvalue weighted by atomic mass is 9.94. The van der Waals surface area contributed by atoms with Crippen molar-refractivity contribution in [2.45, 2.75) is 84.3 Å².